The number of rotatable bonds is 3. The van der Waals surface area contributed by atoms with E-state index in [1.807, 2.05) is 25.4 Å². The minimum Gasteiger partial charge on any atom is -0.364 e. The number of halogens is 1. The first kappa shape index (κ1) is 9.98. The Morgan fingerprint density at radius 2 is 2.27 bits per heavy atom. The Morgan fingerprint density at radius 3 is 2.87 bits per heavy atom. The van der Waals surface area contributed by atoms with Gasteiger partial charge >= 0.3 is 0 Å². The van der Waals surface area contributed by atoms with Crippen LogP contribution in [0.5, 0.6) is 0 Å². The first-order valence-electron chi connectivity index (χ1n) is 4.58. The summed E-state index contributed by atoms with van der Waals surface area (Å²) < 4.78 is 1.75. The van der Waals surface area contributed by atoms with E-state index in [1.165, 1.54) is 0 Å². The molecule has 0 unspecified atom stereocenters. The highest BCUT2D eigenvalue weighted by molar-refractivity contribution is 6.29. The minimum atomic E-state index is 0.511. The van der Waals surface area contributed by atoms with E-state index in [4.69, 9.17) is 11.6 Å². The van der Waals surface area contributed by atoms with Crippen LogP contribution in [-0.4, -0.2) is 14.8 Å². The third-order valence-electron chi connectivity index (χ3n) is 1.98. The number of nitrogens with one attached hydrogen (secondary N) is 1. The van der Waals surface area contributed by atoms with E-state index in [9.17, 15) is 0 Å². The van der Waals surface area contributed by atoms with E-state index < -0.39 is 0 Å². The Bertz CT molecular complexity index is 435. The zero-order chi connectivity index (χ0) is 10.7. The van der Waals surface area contributed by atoms with Gasteiger partial charge in [-0.1, -0.05) is 17.7 Å². The van der Waals surface area contributed by atoms with Gasteiger partial charge in [0.05, 0.1) is 0 Å². The molecule has 4 nitrogen and oxygen atoms in total. The first-order chi connectivity index (χ1) is 7.24. The smallest absolute Gasteiger partial charge is 0.148 e. The summed E-state index contributed by atoms with van der Waals surface area (Å²) in [5.74, 6) is 0.854. The molecule has 2 aromatic rings. The van der Waals surface area contributed by atoms with E-state index in [0.29, 0.717) is 11.7 Å². The molecule has 0 aromatic carbocycles. The number of aryl methyl sites for hydroxylation is 1. The topological polar surface area (TPSA) is 42.7 Å². The van der Waals surface area contributed by atoms with E-state index >= 15 is 0 Å². The number of pyridine rings is 1. The normalized spacial score (nSPS) is 10.3. The van der Waals surface area contributed by atoms with Crippen molar-refractivity contribution in [2.45, 2.75) is 6.54 Å². The fraction of sp³-hybridized carbons (Fsp3) is 0.200. The van der Waals surface area contributed by atoms with Crippen molar-refractivity contribution in [1.29, 1.82) is 0 Å². The molecule has 2 rings (SSSR count). The second-order valence-corrected chi connectivity index (χ2v) is 3.60. The first-order valence-corrected chi connectivity index (χ1v) is 4.96. The Hall–Kier alpha value is -1.55. The van der Waals surface area contributed by atoms with Crippen molar-refractivity contribution in [2.75, 3.05) is 5.32 Å². The predicted molar refractivity (Wildman–Crippen MR) is 59.8 cm³/mol. The molecule has 78 valence electrons. The van der Waals surface area contributed by atoms with Crippen LogP contribution in [0.2, 0.25) is 5.15 Å². The van der Waals surface area contributed by atoms with Gasteiger partial charge in [0.25, 0.3) is 0 Å². The van der Waals surface area contributed by atoms with Crippen LogP contribution in [0.1, 0.15) is 5.56 Å². The molecule has 5 heteroatoms. The third kappa shape index (κ3) is 2.70. The number of hydrogen-bond donors (Lipinski definition) is 1. The third-order valence-corrected chi connectivity index (χ3v) is 2.20. The summed E-state index contributed by atoms with van der Waals surface area (Å²) in [6.45, 7) is 0.696. The van der Waals surface area contributed by atoms with Crippen molar-refractivity contribution in [1.82, 2.24) is 14.8 Å². The maximum absolute atomic E-state index is 5.68. The van der Waals surface area contributed by atoms with Gasteiger partial charge in [0.15, 0.2) is 0 Å². The molecular weight excluding hydrogens is 212 g/mol. The van der Waals surface area contributed by atoms with E-state index in [2.05, 4.69) is 15.4 Å². The standard InChI is InChI=1S/C10H11ClN4/c1-15-5-4-10(14-15)13-7-8-2-3-9(11)12-6-8/h2-6H,7H2,1H3,(H,13,14). The summed E-state index contributed by atoms with van der Waals surface area (Å²) in [4.78, 5) is 4.00. The molecule has 0 radical (unpaired) electrons. The summed E-state index contributed by atoms with van der Waals surface area (Å²) in [5.41, 5.74) is 1.07. The van der Waals surface area contributed by atoms with Crippen molar-refractivity contribution in [2.24, 2.45) is 7.05 Å². The van der Waals surface area contributed by atoms with Gasteiger partial charge in [-0.15, -0.1) is 0 Å². The van der Waals surface area contributed by atoms with Crippen LogP contribution in [0.25, 0.3) is 0 Å². The van der Waals surface area contributed by atoms with Gasteiger partial charge in [-0.05, 0) is 11.6 Å². The summed E-state index contributed by atoms with van der Waals surface area (Å²) in [6.07, 6.45) is 3.64. The van der Waals surface area contributed by atoms with Crippen molar-refractivity contribution >= 4 is 17.4 Å². The average molecular weight is 223 g/mol. The molecule has 2 heterocycles. The predicted octanol–water partition coefficient (Wildman–Crippen LogP) is 2.08. The fourth-order valence-electron chi connectivity index (χ4n) is 1.21. The fourth-order valence-corrected chi connectivity index (χ4v) is 1.32. The molecule has 2 aromatic heterocycles. The van der Waals surface area contributed by atoms with Gasteiger partial charge in [0, 0.05) is 32.1 Å². The van der Waals surface area contributed by atoms with Gasteiger partial charge in [-0.3, -0.25) is 4.68 Å². The molecule has 0 aliphatic rings. The van der Waals surface area contributed by atoms with Crippen LogP contribution in [0.4, 0.5) is 5.82 Å². The second kappa shape index (κ2) is 4.31. The lowest BCUT2D eigenvalue weighted by Crippen LogP contribution is -2.01. The summed E-state index contributed by atoms with van der Waals surface area (Å²) in [6, 6.07) is 5.63. The van der Waals surface area contributed by atoms with Crippen LogP contribution in [-0.2, 0) is 13.6 Å². The summed E-state index contributed by atoms with van der Waals surface area (Å²) >= 11 is 5.68. The van der Waals surface area contributed by atoms with E-state index in [1.54, 1.807) is 16.9 Å². The Morgan fingerprint density at radius 1 is 1.40 bits per heavy atom. The van der Waals surface area contributed by atoms with Crippen molar-refractivity contribution in [3.63, 3.8) is 0 Å². The molecule has 0 aliphatic heterocycles. The van der Waals surface area contributed by atoms with E-state index in [-0.39, 0.29) is 0 Å². The molecule has 0 saturated carbocycles. The zero-order valence-corrected chi connectivity index (χ0v) is 9.07. The highest BCUT2D eigenvalue weighted by atomic mass is 35.5. The van der Waals surface area contributed by atoms with Gasteiger partial charge in [-0.25, -0.2) is 4.98 Å². The van der Waals surface area contributed by atoms with Gasteiger partial charge in [0.2, 0.25) is 0 Å². The molecule has 0 fully saturated rings. The molecule has 0 bridgehead atoms. The molecule has 0 aliphatic carbocycles. The lowest BCUT2D eigenvalue weighted by atomic mass is 10.3. The maximum atomic E-state index is 5.68. The van der Waals surface area contributed by atoms with Crippen LogP contribution in [0.15, 0.2) is 30.6 Å². The average Bonchev–Trinajstić information content (AvgIpc) is 2.64. The highest BCUT2D eigenvalue weighted by Gasteiger charge is 1.97. The minimum absolute atomic E-state index is 0.511. The maximum Gasteiger partial charge on any atom is 0.148 e. The number of anilines is 1. The lowest BCUT2D eigenvalue weighted by Gasteiger charge is -2.02. The van der Waals surface area contributed by atoms with Crippen molar-refractivity contribution in [3.8, 4) is 0 Å². The molecule has 0 saturated heterocycles. The van der Waals surface area contributed by atoms with Crippen molar-refractivity contribution < 1.29 is 0 Å². The number of nitrogens with zero attached hydrogens (tertiary/aromatic N) is 3. The number of aromatic nitrogens is 3. The molecule has 0 atom stereocenters. The van der Waals surface area contributed by atoms with Crippen LogP contribution >= 0.6 is 11.6 Å². The zero-order valence-electron chi connectivity index (χ0n) is 8.31. The van der Waals surface area contributed by atoms with Crippen LogP contribution < -0.4 is 5.32 Å². The molecular formula is C10H11ClN4. The Balaban J connectivity index is 1.96. The highest BCUT2D eigenvalue weighted by Crippen LogP contribution is 2.07. The number of hydrogen-bond acceptors (Lipinski definition) is 3. The summed E-state index contributed by atoms with van der Waals surface area (Å²) in [7, 11) is 1.88. The van der Waals surface area contributed by atoms with Crippen LogP contribution in [0.3, 0.4) is 0 Å². The molecule has 0 spiro atoms. The Kier molecular flexibility index (Phi) is 2.87. The quantitative estimate of drug-likeness (QED) is 0.809. The van der Waals surface area contributed by atoms with Gasteiger partial charge in [-0.2, -0.15) is 5.10 Å². The monoisotopic (exact) mass is 222 g/mol. The van der Waals surface area contributed by atoms with Gasteiger partial charge in [0.1, 0.15) is 11.0 Å². The largest absolute Gasteiger partial charge is 0.364 e. The van der Waals surface area contributed by atoms with Crippen LogP contribution in [0, 0.1) is 0 Å². The second-order valence-electron chi connectivity index (χ2n) is 3.22. The molecule has 1 N–H and O–H groups in total. The molecule has 0 amide bonds. The van der Waals surface area contributed by atoms with Gasteiger partial charge < -0.3 is 5.32 Å². The Labute approximate surface area is 92.9 Å². The SMILES string of the molecule is Cn1ccc(NCc2ccc(Cl)nc2)n1. The van der Waals surface area contributed by atoms with E-state index in [0.717, 1.165) is 11.4 Å². The molecule has 15 heavy (non-hydrogen) atoms. The lowest BCUT2D eigenvalue weighted by molar-refractivity contribution is 0.768. The van der Waals surface area contributed by atoms with Crippen molar-refractivity contribution in [3.05, 3.63) is 41.3 Å². The summed E-state index contributed by atoms with van der Waals surface area (Å²) in [5, 5.41) is 7.90.